The summed E-state index contributed by atoms with van der Waals surface area (Å²) in [5, 5.41) is 0.137. The second-order valence-corrected chi connectivity index (χ2v) is 13.8. The highest BCUT2D eigenvalue weighted by Gasteiger charge is 2.49. The van der Waals surface area contributed by atoms with Crippen LogP contribution in [0.4, 0.5) is 0 Å². The molecule has 1 aliphatic rings. The Balaban J connectivity index is 2.54. The Kier molecular flexibility index (Phi) is 5.98. The fraction of sp³-hybridized carbons (Fsp3) is 0.778. The lowest BCUT2D eigenvalue weighted by Crippen LogP contribution is -2.47. The van der Waals surface area contributed by atoms with Crippen molar-refractivity contribution in [2.24, 2.45) is 13.0 Å². The van der Waals surface area contributed by atoms with Gasteiger partial charge in [0.2, 0.25) is 0 Å². The second kappa shape index (κ2) is 7.26. The van der Waals surface area contributed by atoms with E-state index in [0.717, 1.165) is 6.42 Å². The van der Waals surface area contributed by atoms with Crippen molar-refractivity contribution in [1.82, 2.24) is 9.55 Å². The molecular formula is C18H31ClN2O4Si. The van der Waals surface area contributed by atoms with Gasteiger partial charge in [0.05, 0.1) is 17.8 Å². The highest BCUT2D eigenvalue weighted by Crippen LogP contribution is 2.46. The molecule has 2 heterocycles. The minimum absolute atomic E-state index is 0.0255. The zero-order valence-electron chi connectivity index (χ0n) is 17.0. The van der Waals surface area contributed by atoms with E-state index in [1.807, 2.05) is 0 Å². The van der Waals surface area contributed by atoms with Crippen molar-refractivity contribution in [2.45, 2.75) is 77.5 Å². The third kappa shape index (κ3) is 3.72. The van der Waals surface area contributed by atoms with Crippen molar-refractivity contribution >= 4 is 19.9 Å². The van der Waals surface area contributed by atoms with E-state index in [1.165, 1.54) is 11.6 Å². The number of nitrogens with one attached hydrogen (secondary N) is 1. The lowest BCUT2D eigenvalue weighted by Gasteiger charge is -2.40. The van der Waals surface area contributed by atoms with Crippen LogP contribution in [0, 0.1) is 5.92 Å². The van der Waals surface area contributed by atoms with Gasteiger partial charge in [-0.2, -0.15) is 0 Å². The van der Waals surface area contributed by atoms with Crippen LogP contribution in [0.15, 0.2) is 9.59 Å². The van der Waals surface area contributed by atoms with E-state index in [9.17, 15) is 9.59 Å². The number of ether oxygens (including phenoxy) is 1. The Morgan fingerprint density at radius 1 is 1.31 bits per heavy atom. The molecule has 0 amide bonds. The zero-order chi connectivity index (χ0) is 20.0. The molecule has 148 valence electrons. The van der Waals surface area contributed by atoms with Crippen molar-refractivity contribution in [3.05, 3.63) is 31.6 Å². The van der Waals surface area contributed by atoms with Crippen molar-refractivity contribution in [2.75, 3.05) is 0 Å². The molecule has 2 rings (SSSR count). The lowest BCUT2D eigenvalue weighted by molar-refractivity contribution is 0.00965. The van der Waals surface area contributed by atoms with Gasteiger partial charge in [-0.3, -0.25) is 14.3 Å². The first-order valence-corrected chi connectivity index (χ1v) is 12.4. The number of H-pyrrole nitrogens is 1. The molecule has 1 aromatic heterocycles. The Morgan fingerprint density at radius 3 is 2.38 bits per heavy atom. The maximum Gasteiger partial charge on any atom is 0.329 e. The summed E-state index contributed by atoms with van der Waals surface area (Å²) in [7, 11) is -0.561. The van der Waals surface area contributed by atoms with Gasteiger partial charge >= 0.3 is 5.69 Å². The zero-order valence-corrected chi connectivity index (χ0v) is 18.7. The molecule has 1 N–H and O–H groups in total. The summed E-state index contributed by atoms with van der Waals surface area (Å²) >= 11 is 6.37. The third-order valence-electron chi connectivity index (χ3n) is 5.93. The maximum atomic E-state index is 12.5. The van der Waals surface area contributed by atoms with Crippen LogP contribution in [0.25, 0.3) is 0 Å². The van der Waals surface area contributed by atoms with Crippen molar-refractivity contribution in [3.8, 4) is 0 Å². The van der Waals surface area contributed by atoms with Gasteiger partial charge in [0.1, 0.15) is 11.3 Å². The number of halogens is 1. The fourth-order valence-electron chi connectivity index (χ4n) is 3.12. The smallest absolute Gasteiger partial charge is 0.329 e. The van der Waals surface area contributed by atoms with Crippen molar-refractivity contribution < 1.29 is 9.16 Å². The summed E-state index contributed by atoms with van der Waals surface area (Å²) in [6, 6.07) is 0. The minimum Gasteiger partial charge on any atom is -0.411 e. The number of hydrogen-bond acceptors (Lipinski definition) is 4. The maximum absolute atomic E-state index is 12.5. The highest BCUT2D eigenvalue weighted by atomic mass is 35.5. The predicted octanol–water partition coefficient (Wildman–Crippen LogP) is 3.60. The number of nitrogens with zero attached hydrogens (tertiary/aromatic N) is 1. The molecular weight excluding hydrogens is 372 g/mol. The second-order valence-electron chi connectivity index (χ2n) is 8.73. The summed E-state index contributed by atoms with van der Waals surface area (Å²) in [6.07, 6.45) is -0.0809. The summed E-state index contributed by atoms with van der Waals surface area (Å²) < 4.78 is 14.1. The van der Waals surface area contributed by atoms with Crippen LogP contribution in [0.5, 0.6) is 0 Å². The molecule has 4 atom stereocenters. The third-order valence-corrected chi connectivity index (χ3v) is 10.9. The van der Waals surface area contributed by atoms with Gasteiger partial charge in [-0.05, 0) is 24.6 Å². The quantitative estimate of drug-likeness (QED) is 0.616. The molecule has 0 bridgehead atoms. The number of aromatic amines is 1. The van der Waals surface area contributed by atoms with E-state index < -0.39 is 25.7 Å². The monoisotopic (exact) mass is 402 g/mol. The normalized spacial score (nSPS) is 27.1. The Morgan fingerprint density at radius 2 is 1.88 bits per heavy atom. The molecule has 0 spiro atoms. The molecule has 0 saturated carbocycles. The Hall–Kier alpha value is -0.893. The van der Waals surface area contributed by atoms with Gasteiger partial charge < -0.3 is 9.16 Å². The molecule has 0 aromatic carbocycles. The van der Waals surface area contributed by atoms with Crippen LogP contribution in [0.1, 0.15) is 52.7 Å². The van der Waals surface area contributed by atoms with Crippen LogP contribution in [-0.4, -0.2) is 30.1 Å². The molecule has 1 aromatic rings. The van der Waals surface area contributed by atoms with Gasteiger partial charge in [0.25, 0.3) is 5.56 Å². The van der Waals surface area contributed by atoms with E-state index in [2.05, 4.69) is 52.7 Å². The van der Waals surface area contributed by atoms with Crippen molar-refractivity contribution in [3.63, 3.8) is 0 Å². The predicted molar refractivity (Wildman–Crippen MR) is 106 cm³/mol. The molecule has 1 aliphatic heterocycles. The van der Waals surface area contributed by atoms with Gasteiger partial charge in [0, 0.05) is 13.0 Å². The number of hydrogen-bond donors (Lipinski definition) is 1. The van der Waals surface area contributed by atoms with E-state index in [0.29, 0.717) is 0 Å². The largest absolute Gasteiger partial charge is 0.411 e. The van der Waals surface area contributed by atoms with E-state index in [4.69, 9.17) is 20.8 Å². The Bertz CT molecular complexity index is 781. The van der Waals surface area contributed by atoms with Crippen LogP contribution >= 0.6 is 11.6 Å². The van der Waals surface area contributed by atoms with Gasteiger partial charge in [0.15, 0.2) is 8.32 Å². The van der Waals surface area contributed by atoms with Gasteiger partial charge in [-0.1, -0.05) is 46.2 Å². The van der Waals surface area contributed by atoms with Gasteiger partial charge in [-0.15, -0.1) is 0 Å². The lowest BCUT2D eigenvalue weighted by atomic mass is 9.95. The van der Waals surface area contributed by atoms with Crippen LogP contribution < -0.4 is 11.2 Å². The standard InChI is InChI=1S/C18H31ClN2O4Si/c1-9-11-10(2)13(25-26(7,8)18(3,4)5)14(24-11)12-15(19)21(6)17(23)20-16(12)22/h10-11,13-14H,9H2,1-8H3,(H,20,22,23)/t10-,11+,13?,14-/m0/s1. The average molecular weight is 403 g/mol. The first kappa shape index (κ1) is 21.4. The fourth-order valence-corrected chi connectivity index (χ4v) is 4.76. The number of rotatable bonds is 4. The summed E-state index contributed by atoms with van der Waals surface area (Å²) in [5.41, 5.74) is -0.764. The molecule has 0 aliphatic carbocycles. The average Bonchev–Trinajstić information content (AvgIpc) is 2.80. The molecule has 1 fully saturated rings. The number of aromatic nitrogens is 2. The summed E-state index contributed by atoms with van der Waals surface area (Å²) in [5.74, 6) is 0.117. The molecule has 0 radical (unpaired) electrons. The highest BCUT2D eigenvalue weighted by molar-refractivity contribution is 6.74. The van der Waals surface area contributed by atoms with E-state index >= 15 is 0 Å². The van der Waals surface area contributed by atoms with E-state index in [-0.39, 0.29) is 33.9 Å². The molecule has 6 nitrogen and oxygen atoms in total. The topological polar surface area (TPSA) is 73.3 Å². The van der Waals surface area contributed by atoms with Crippen LogP contribution in [0.3, 0.4) is 0 Å². The van der Waals surface area contributed by atoms with E-state index in [1.54, 1.807) is 0 Å². The first-order chi connectivity index (χ1) is 11.8. The first-order valence-electron chi connectivity index (χ1n) is 9.13. The minimum atomic E-state index is -2.09. The van der Waals surface area contributed by atoms with Gasteiger partial charge in [-0.25, -0.2) is 4.79 Å². The molecule has 8 heteroatoms. The SMILES string of the molecule is CC[C@H]1O[C@@H](c2c(Cl)n(C)c(=O)[nH]c2=O)C(O[Si](C)(C)C(C)(C)C)[C@H]1C. The summed E-state index contributed by atoms with van der Waals surface area (Å²) in [6.45, 7) is 15.1. The Labute approximate surface area is 161 Å². The molecule has 1 saturated heterocycles. The van der Waals surface area contributed by atoms with Crippen LogP contribution in [-0.2, 0) is 16.2 Å². The molecule has 26 heavy (non-hydrogen) atoms. The van der Waals surface area contributed by atoms with Crippen LogP contribution in [0.2, 0.25) is 23.3 Å². The summed E-state index contributed by atoms with van der Waals surface area (Å²) in [4.78, 5) is 26.7. The van der Waals surface area contributed by atoms with Crippen molar-refractivity contribution in [1.29, 1.82) is 0 Å². The molecule has 1 unspecified atom stereocenters.